The predicted molar refractivity (Wildman–Crippen MR) is 172 cm³/mol. The Bertz CT molecular complexity index is 1400. The van der Waals surface area contributed by atoms with Crippen LogP contribution in [-0.4, -0.2) is 30.7 Å². The fourth-order valence-electron chi connectivity index (χ4n) is 4.04. The normalized spacial score (nSPS) is 11.6. The van der Waals surface area contributed by atoms with E-state index in [0.717, 1.165) is 69.6 Å². The Hall–Kier alpha value is -3.70. The number of nitrogens with zero attached hydrogens (tertiary/aromatic N) is 5. The van der Waals surface area contributed by atoms with Crippen LogP contribution in [0.15, 0.2) is 75.1 Å². The molecule has 0 saturated carbocycles. The molecule has 2 aromatic carbocycles. The summed E-state index contributed by atoms with van der Waals surface area (Å²) in [5.41, 5.74) is 2.62. The van der Waals surface area contributed by atoms with E-state index in [0.29, 0.717) is 24.8 Å². The summed E-state index contributed by atoms with van der Waals surface area (Å²) < 4.78 is 12.0. The quantitative estimate of drug-likeness (QED) is 0.0688. The van der Waals surface area contributed by atoms with Gasteiger partial charge in [0, 0.05) is 18.7 Å². The van der Waals surface area contributed by atoms with Crippen LogP contribution >= 0.6 is 22.7 Å². The van der Waals surface area contributed by atoms with Crippen molar-refractivity contribution in [2.75, 3.05) is 25.1 Å². The number of unbranched alkanes of at least 4 members (excludes halogenated alkanes) is 6. The molecular weight excluding hydrogens is 569 g/mol. The van der Waals surface area contributed by atoms with E-state index in [2.05, 4.69) is 37.7 Å². The molecule has 2 aromatic heterocycles. The van der Waals surface area contributed by atoms with Gasteiger partial charge in [0.25, 0.3) is 0 Å². The highest BCUT2D eigenvalue weighted by Crippen LogP contribution is 2.39. The average molecular weight is 607 g/mol. The Morgan fingerprint density at radius 3 is 2.10 bits per heavy atom. The topological polar surface area (TPSA) is 110 Å². The van der Waals surface area contributed by atoms with Crippen molar-refractivity contribution >= 4 is 65.4 Å². The lowest BCUT2D eigenvalue weighted by Gasteiger charge is -2.06. The van der Waals surface area contributed by atoms with Gasteiger partial charge in [-0.2, -0.15) is 0 Å². The third kappa shape index (κ3) is 10.6. The summed E-state index contributed by atoms with van der Waals surface area (Å²) in [5.74, 6) is 0.731. The smallest absolute Gasteiger partial charge is 0.305 e. The first-order chi connectivity index (χ1) is 20.6. The Morgan fingerprint density at radius 1 is 0.786 bits per heavy atom. The van der Waals surface area contributed by atoms with Gasteiger partial charge in [0.1, 0.15) is 15.6 Å². The third-order valence-electron chi connectivity index (χ3n) is 6.27. The van der Waals surface area contributed by atoms with Crippen molar-refractivity contribution in [2.45, 2.75) is 65.2 Å². The standard InChI is InChI=1S/C31H38N6O3S2/c1-3-29(38)40-21-11-9-7-5-6-8-10-20-39-26-18-16-25(17-19-26)34-36-28-22-27-30(42-28)33-31(41-27)37-35-24-14-12-23(13-15-24)32-4-2/h12-19,22,32H,3-11,20-21H2,1-2H3/b36-34+,37-35+. The molecule has 0 aliphatic heterocycles. The maximum atomic E-state index is 11.1. The van der Waals surface area contributed by atoms with Crippen molar-refractivity contribution in [1.82, 2.24) is 4.98 Å². The molecule has 0 amide bonds. The summed E-state index contributed by atoms with van der Waals surface area (Å²) in [5, 5.41) is 22.0. The Balaban J connectivity index is 1.12. The van der Waals surface area contributed by atoms with Crippen LogP contribution in [0.5, 0.6) is 5.75 Å². The number of hydrogen-bond donors (Lipinski definition) is 1. The molecule has 1 N–H and O–H groups in total. The fraction of sp³-hybridized carbons (Fsp3) is 0.419. The number of nitrogens with one attached hydrogen (secondary N) is 1. The molecule has 0 bridgehead atoms. The van der Waals surface area contributed by atoms with Crippen molar-refractivity contribution in [2.24, 2.45) is 20.5 Å². The maximum absolute atomic E-state index is 11.1. The lowest BCUT2D eigenvalue weighted by molar-refractivity contribution is -0.143. The Morgan fingerprint density at radius 2 is 1.43 bits per heavy atom. The summed E-state index contributed by atoms with van der Waals surface area (Å²) in [4.78, 5) is 16.5. The zero-order valence-electron chi connectivity index (χ0n) is 24.3. The zero-order valence-corrected chi connectivity index (χ0v) is 25.9. The van der Waals surface area contributed by atoms with Gasteiger partial charge in [-0.05, 0) is 74.4 Å². The molecule has 2 heterocycles. The number of rotatable bonds is 18. The number of carbonyl (C=O) groups is 1. The van der Waals surface area contributed by atoms with E-state index in [9.17, 15) is 4.79 Å². The van der Waals surface area contributed by atoms with E-state index in [4.69, 9.17) is 9.47 Å². The van der Waals surface area contributed by atoms with E-state index in [1.165, 1.54) is 41.9 Å². The van der Waals surface area contributed by atoms with Crippen LogP contribution < -0.4 is 10.1 Å². The van der Waals surface area contributed by atoms with Crippen LogP contribution in [0.25, 0.3) is 9.53 Å². The first-order valence-corrected chi connectivity index (χ1v) is 16.2. The molecule has 42 heavy (non-hydrogen) atoms. The van der Waals surface area contributed by atoms with E-state index < -0.39 is 0 Å². The molecule has 0 fully saturated rings. The number of thiazole rings is 1. The molecule has 0 radical (unpaired) electrons. The first kappa shape index (κ1) is 31.2. The van der Waals surface area contributed by atoms with Crippen LogP contribution in [0.1, 0.15) is 65.2 Å². The number of ether oxygens (including phenoxy) is 2. The summed E-state index contributed by atoms with van der Waals surface area (Å²) in [6.07, 6.45) is 8.29. The summed E-state index contributed by atoms with van der Waals surface area (Å²) in [7, 11) is 0. The van der Waals surface area contributed by atoms with Crippen molar-refractivity contribution in [1.29, 1.82) is 0 Å². The molecule has 4 aromatic rings. The van der Waals surface area contributed by atoms with Gasteiger partial charge >= 0.3 is 5.97 Å². The van der Waals surface area contributed by atoms with Crippen molar-refractivity contribution in [3.63, 3.8) is 0 Å². The number of anilines is 1. The highest BCUT2D eigenvalue weighted by atomic mass is 32.1. The Kier molecular flexibility index (Phi) is 12.9. The minimum atomic E-state index is -0.108. The van der Waals surface area contributed by atoms with Gasteiger partial charge in [-0.25, -0.2) is 4.98 Å². The van der Waals surface area contributed by atoms with Crippen LogP contribution in [0.3, 0.4) is 0 Å². The number of hydrogen-bond acceptors (Lipinski definition) is 11. The number of carbonyl (C=O) groups excluding carboxylic acids is 1. The molecule has 0 spiro atoms. The number of thiophene rings is 1. The van der Waals surface area contributed by atoms with E-state index >= 15 is 0 Å². The number of fused-ring (bicyclic) bond motifs is 1. The second-order valence-electron chi connectivity index (χ2n) is 9.62. The predicted octanol–water partition coefficient (Wildman–Crippen LogP) is 10.7. The van der Waals surface area contributed by atoms with Gasteiger partial charge in [0.15, 0.2) is 0 Å². The van der Waals surface area contributed by atoms with Crippen LogP contribution in [0.2, 0.25) is 0 Å². The highest BCUT2D eigenvalue weighted by molar-refractivity contribution is 7.30. The van der Waals surface area contributed by atoms with Crippen molar-refractivity contribution < 1.29 is 14.3 Å². The van der Waals surface area contributed by atoms with E-state index in [1.54, 1.807) is 0 Å². The van der Waals surface area contributed by atoms with Gasteiger partial charge in [0.2, 0.25) is 5.13 Å². The molecular formula is C31H38N6O3S2. The van der Waals surface area contributed by atoms with Gasteiger partial charge in [-0.3, -0.25) is 4.79 Å². The molecule has 222 valence electrons. The minimum Gasteiger partial charge on any atom is -0.494 e. The van der Waals surface area contributed by atoms with Crippen LogP contribution in [-0.2, 0) is 9.53 Å². The third-order valence-corrected chi connectivity index (χ3v) is 8.20. The van der Waals surface area contributed by atoms with Gasteiger partial charge < -0.3 is 14.8 Å². The summed E-state index contributed by atoms with van der Waals surface area (Å²) in [6.45, 7) is 6.02. The summed E-state index contributed by atoms with van der Waals surface area (Å²) >= 11 is 2.97. The molecule has 11 heteroatoms. The SMILES string of the molecule is CCNc1ccc(/N=N/c2nc3sc(/N=N/c4ccc(OCCCCCCCCCOC(=O)CC)cc4)cc3s2)cc1. The molecule has 4 rings (SSSR count). The second kappa shape index (κ2) is 17.3. The number of esters is 1. The number of benzene rings is 2. The molecule has 0 aliphatic rings. The molecule has 0 aliphatic carbocycles. The Labute approximate surface area is 255 Å². The first-order valence-electron chi connectivity index (χ1n) is 14.6. The average Bonchev–Trinajstić information content (AvgIpc) is 3.57. The fourth-order valence-corrected chi connectivity index (χ4v) is 5.89. The lowest BCUT2D eigenvalue weighted by atomic mass is 10.1. The molecule has 9 nitrogen and oxygen atoms in total. The van der Waals surface area contributed by atoms with E-state index in [1.807, 2.05) is 61.5 Å². The van der Waals surface area contributed by atoms with Gasteiger partial charge in [-0.15, -0.1) is 20.5 Å². The lowest BCUT2D eigenvalue weighted by Crippen LogP contribution is -2.03. The molecule has 0 atom stereocenters. The molecule has 0 unspecified atom stereocenters. The van der Waals surface area contributed by atoms with Crippen molar-refractivity contribution in [3.05, 3.63) is 54.6 Å². The molecule has 0 saturated heterocycles. The van der Waals surface area contributed by atoms with Gasteiger partial charge in [0.05, 0.1) is 29.3 Å². The second-order valence-corrected chi connectivity index (χ2v) is 11.6. The van der Waals surface area contributed by atoms with Crippen molar-refractivity contribution in [3.8, 4) is 5.75 Å². The highest BCUT2D eigenvalue weighted by Gasteiger charge is 2.08. The minimum absolute atomic E-state index is 0.108. The monoisotopic (exact) mass is 606 g/mol. The van der Waals surface area contributed by atoms with Crippen LogP contribution in [0.4, 0.5) is 27.2 Å². The van der Waals surface area contributed by atoms with Gasteiger partial charge in [-0.1, -0.05) is 61.7 Å². The zero-order chi connectivity index (χ0) is 29.4. The largest absolute Gasteiger partial charge is 0.494 e. The van der Waals surface area contributed by atoms with E-state index in [-0.39, 0.29) is 5.97 Å². The number of aromatic nitrogens is 1. The van der Waals surface area contributed by atoms with Crippen LogP contribution in [0, 0.1) is 0 Å². The number of azo groups is 2. The maximum Gasteiger partial charge on any atom is 0.305 e. The summed E-state index contributed by atoms with van der Waals surface area (Å²) in [6, 6.07) is 17.5.